The van der Waals surface area contributed by atoms with E-state index in [2.05, 4.69) is 31.3 Å². The summed E-state index contributed by atoms with van der Waals surface area (Å²) in [5.41, 5.74) is 3.64. The number of aromatic nitrogens is 3. The molecule has 2 N–H and O–H groups in total. The molecule has 0 fully saturated rings. The number of pyridine rings is 1. The molecule has 0 atom stereocenters. The van der Waals surface area contributed by atoms with Gasteiger partial charge in [0.2, 0.25) is 0 Å². The topological polar surface area (TPSA) is 79.8 Å². The van der Waals surface area contributed by atoms with Crippen LogP contribution in [0.1, 0.15) is 66.8 Å². The molecule has 0 radical (unpaired) electrons. The Kier molecular flexibility index (Phi) is 5.74. The van der Waals surface area contributed by atoms with Gasteiger partial charge in [0.15, 0.2) is 0 Å². The van der Waals surface area contributed by atoms with E-state index in [0.29, 0.717) is 11.1 Å². The van der Waals surface area contributed by atoms with Gasteiger partial charge in [0.25, 0.3) is 11.5 Å². The zero-order valence-corrected chi connectivity index (χ0v) is 18.3. The molecule has 0 bridgehead atoms. The van der Waals surface area contributed by atoms with E-state index in [0.717, 1.165) is 26.6 Å². The molecule has 2 heterocycles. The molecule has 6 nitrogen and oxygen atoms in total. The summed E-state index contributed by atoms with van der Waals surface area (Å²) in [5.74, 6) is -0.0426. The van der Waals surface area contributed by atoms with Crippen molar-refractivity contribution >= 4 is 32.7 Å². The van der Waals surface area contributed by atoms with Crippen LogP contribution in [0.2, 0.25) is 0 Å². The Bertz CT molecular complexity index is 1100. The molecule has 3 aromatic rings. The lowest BCUT2D eigenvalue weighted by Gasteiger charge is -2.14. The van der Waals surface area contributed by atoms with E-state index in [9.17, 15) is 9.59 Å². The average molecular weight is 445 g/mol. The van der Waals surface area contributed by atoms with Crippen molar-refractivity contribution in [3.63, 3.8) is 0 Å². The summed E-state index contributed by atoms with van der Waals surface area (Å²) in [6, 6.07) is 5.90. The maximum absolute atomic E-state index is 12.9. The zero-order chi connectivity index (χ0) is 20.6. The Morgan fingerprint density at radius 1 is 1.25 bits per heavy atom. The van der Waals surface area contributed by atoms with Crippen molar-refractivity contribution in [2.75, 3.05) is 0 Å². The average Bonchev–Trinajstić information content (AvgIpc) is 3.03. The van der Waals surface area contributed by atoms with Crippen molar-refractivity contribution in [3.05, 3.63) is 61.6 Å². The number of aryl methyl sites for hydroxylation is 1. The van der Waals surface area contributed by atoms with Crippen molar-refractivity contribution in [2.24, 2.45) is 0 Å². The molecule has 0 saturated carbocycles. The molecule has 1 amide bonds. The van der Waals surface area contributed by atoms with Crippen molar-refractivity contribution in [3.8, 4) is 0 Å². The maximum atomic E-state index is 12.9. The van der Waals surface area contributed by atoms with Crippen LogP contribution in [0.25, 0.3) is 10.9 Å². The summed E-state index contributed by atoms with van der Waals surface area (Å²) >= 11 is 3.49. The highest BCUT2D eigenvalue weighted by atomic mass is 79.9. The SMILES string of the molecule is Cc1cc(C(C)C)c(CNC(=O)c2cc(Br)cc3c2cnn3C(C)C)c(=O)[nH]1. The molecule has 28 heavy (non-hydrogen) atoms. The van der Waals surface area contributed by atoms with E-state index in [1.165, 1.54) is 0 Å². The third kappa shape index (κ3) is 3.90. The first-order valence-electron chi connectivity index (χ1n) is 9.36. The van der Waals surface area contributed by atoms with Crippen molar-refractivity contribution < 1.29 is 4.79 Å². The monoisotopic (exact) mass is 444 g/mol. The number of nitrogens with zero attached hydrogens (tertiary/aromatic N) is 2. The van der Waals surface area contributed by atoms with Gasteiger partial charge in [-0.05, 0) is 50.5 Å². The van der Waals surface area contributed by atoms with Crippen LogP contribution in [0.3, 0.4) is 0 Å². The number of aromatic amines is 1. The number of rotatable bonds is 5. The molecule has 0 aliphatic rings. The van der Waals surface area contributed by atoms with Gasteiger partial charge in [-0.3, -0.25) is 14.3 Å². The predicted molar refractivity (Wildman–Crippen MR) is 115 cm³/mol. The number of nitrogens with one attached hydrogen (secondary N) is 2. The number of amides is 1. The summed E-state index contributed by atoms with van der Waals surface area (Å²) in [6.45, 7) is 10.2. The van der Waals surface area contributed by atoms with E-state index in [1.807, 2.05) is 51.4 Å². The molecule has 0 saturated heterocycles. The smallest absolute Gasteiger partial charge is 0.253 e. The number of H-pyrrole nitrogens is 1. The first kappa shape index (κ1) is 20.3. The first-order chi connectivity index (χ1) is 13.2. The minimum Gasteiger partial charge on any atom is -0.348 e. The summed E-state index contributed by atoms with van der Waals surface area (Å²) in [6.07, 6.45) is 1.72. The van der Waals surface area contributed by atoms with Gasteiger partial charge in [-0.2, -0.15) is 5.10 Å². The van der Waals surface area contributed by atoms with E-state index < -0.39 is 0 Å². The second kappa shape index (κ2) is 7.91. The first-order valence-corrected chi connectivity index (χ1v) is 10.2. The highest BCUT2D eigenvalue weighted by Crippen LogP contribution is 2.26. The number of carbonyl (C=O) groups excluding carboxylic acids is 1. The maximum Gasteiger partial charge on any atom is 0.253 e. The van der Waals surface area contributed by atoms with Crippen LogP contribution in [0.15, 0.2) is 33.7 Å². The zero-order valence-electron chi connectivity index (χ0n) is 16.8. The van der Waals surface area contributed by atoms with Gasteiger partial charge in [-0.1, -0.05) is 29.8 Å². The standard InChI is InChI=1S/C21H25BrN4O2/c1-11(2)15-6-13(5)25-21(28)18(15)9-23-20(27)16-7-14(22)8-19-17(16)10-24-26(19)12(3)4/h6-8,10-12H,9H2,1-5H3,(H,23,27)(H,25,28). The van der Waals surface area contributed by atoms with E-state index >= 15 is 0 Å². The predicted octanol–water partition coefficient (Wildman–Crippen LogP) is 4.43. The fraction of sp³-hybridized carbons (Fsp3) is 0.381. The molecule has 7 heteroatoms. The van der Waals surface area contributed by atoms with Crippen LogP contribution in [-0.4, -0.2) is 20.7 Å². The van der Waals surface area contributed by atoms with Crippen molar-refractivity contribution in [1.82, 2.24) is 20.1 Å². The lowest BCUT2D eigenvalue weighted by molar-refractivity contribution is 0.0952. The minimum absolute atomic E-state index is 0.156. The van der Waals surface area contributed by atoms with Gasteiger partial charge in [-0.15, -0.1) is 0 Å². The van der Waals surface area contributed by atoms with Crippen LogP contribution in [-0.2, 0) is 6.54 Å². The van der Waals surface area contributed by atoms with E-state index in [1.54, 1.807) is 12.3 Å². The second-order valence-electron chi connectivity index (χ2n) is 7.62. The summed E-state index contributed by atoms with van der Waals surface area (Å²) in [7, 11) is 0. The Morgan fingerprint density at radius 2 is 1.96 bits per heavy atom. The van der Waals surface area contributed by atoms with Crippen LogP contribution in [0.4, 0.5) is 0 Å². The summed E-state index contributed by atoms with van der Waals surface area (Å²) in [4.78, 5) is 28.2. The van der Waals surface area contributed by atoms with Gasteiger partial charge in [0.1, 0.15) is 0 Å². The quantitative estimate of drug-likeness (QED) is 0.610. The summed E-state index contributed by atoms with van der Waals surface area (Å²) < 4.78 is 2.70. The lowest BCUT2D eigenvalue weighted by atomic mass is 9.98. The van der Waals surface area contributed by atoms with Gasteiger partial charge < -0.3 is 10.3 Å². The summed E-state index contributed by atoms with van der Waals surface area (Å²) in [5, 5.41) is 8.12. The highest BCUT2D eigenvalue weighted by Gasteiger charge is 2.18. The van der Waals surface area contributed by atoms with Gasteiger partial charge in [-0.25, -0.2) is 0 Å². The molecule has 0 unspecified atom stereocenters. The number of halogens is 1. The molecule has 1 aromatic carbocycles. The molecule has 3 rings (SSSR count). The molecule has 0 aliphatic carbocycles. The largest absolute Gasteiger partial charge is 0.348 e. The Hall–Kier alpha value is -2.41. The number of hydrogen-bond donors (Lipinski definition) is 2. The number of fused-ring (bicyclic) bond motifs is 1. The molecule has 148 valence electrons. The van der Waals surface area contributed by atoms with E-state index in [4.69, 9.17) is 0 Å². The normalized spacial score (nSPS) is 11.6. The van der Waals surface area contributed by atoms with E-state index in [-0.39, 0.29) is 30.0 Å². The Morgan fingerprint density at radius 3 is 2.61 bits per heavy atom. The third-order valence-corrected chi connectivity index (χ3v) is 5.23. The minimum atomic E-state index is -0.232. The number of benzene rings is 1. The van der Waals surface area contributed by atoms with Gasteiger partial charge in [0, 0.05) is 33.7 Å². The molecule has 2 aromatic heterocycles. The van der Waals surface area contributed by atoms with Crippen LogP contribution < -0.4 is 10.9 Å². The fourth-order valence-corrected chi connectivity index (χ4v) is 3.86. The van der Waals surface area contributed by atoms with Gasteiger partial charge >= 0.3 is 0 Å². The highest BCUT2D eigenvalue weighted by molar-refractivity contribution is 9.10. The molecule has 0 spiro atoms. The van der Waals surface area contributed by atoms with Crippen molar-refractivity contribution in [1.29, 1.82) is 0 Å². The number of carbonyl (C=O) groups is 1. The third-order valence-electron chi connectivity index (χ3n) is 4.77. The van der Waals surface area contributed by atoms with Crippen LogP contribution in [0, 0.1) is 6.92 Å². The fourth-order valence-electron chi connectivity index (χ4n) is 3.41. The lowest BCUT2D eigenvalue weighted by Crippen LogP contribution is -2.28. The molecule has 0 aliphatic heterocycles. The van der Waals surface area contributed by atoms with Crippen LogP contribution >= 0.6 is 15.9 Å². The van der Waals surface area contributed by atoms with Gasteiger partial charge in [0.05, 0.1) is 17.3 Å². The Labute approximate surface area is 172 Å². The molecular weight excluding hydrogens is 420 g/mol. The second-order valence-corrected chi connectivity index (χ2v) is 8.54. The number of hydrogen-bond acceptors (Lipinski definition) is 3. The Balaban J connectivity index is 1.94. The van der Waals surface area contributed by atoms with Crippen LogP contribution in [0.5, 0.6) is 0 Å². The van der Waals surface area contributed by atoms with Crippen molar-refractivity contribution in [2.45, 2.75) is 53.1 Å². The molecular formula is C21H25BrN4O2.